The predicted octanol–water partition coefficient (Wildman–Crippen LogP) is 8.11. The number of hydrogen-bond donors (Lipinski definition) is 0. The normalized spacial score (nSPS) is 45.3. The van der Waals surface area contributed by atoms with Crippen LogP contribution < -0.4 is 0 Å². The summed E-state index contributed by atoms with van der Waals surface area (Å²) in [6.45, 7) is 12.6. The topological polar surface area (TPSA) is 0 Å². The van der Waals surface area contributed by atoms with Gasteiger partial charge in [-0.3, -0.25) is 0 Å². The Morgan fingerprint density at radius 1 is 1.03 bits per heavy atom. The molecule has 3 saturated carbocycles. The number of hydrogen-bond acceptors (Lipinski definition) is 0. The fourth-order valence-electron chi connectivity index (χ4n) is 9.13. The van der Waals surface area contributed by atoms with Gasteiger partial charge in [0.2, 0.25) is 0 Å². The van der Waals surface area contributed by atoms with Crippen LogP contribution in [0.1, 0.15) is 112 Å². The van der Waals surface area contributed by atoms with Crippen LogP contribution in [0, 0.1) is 46.3 Å². The number of fused-ring (bicyclic) bond motifs is 5. The van der Waals surface area contributed by atoms with E-state index >= 15 is 0 Å². The van der Waals surface area contributed by atoms with Crippen molar-refractivity contribution >= 4 is 16.0 Å². The van der Waals surface area contributed by atoms with Crippen LogP contribution in [-0.2, 0) is 0 Å². The van der Waals surface area contributed by atoms with Crippen molar-refractivity contribution in [1.82, 2.24) is 0 Å². The van der Waals surface area contributed by atoms with E-state index in [9.17, 15) is 0 Å². The van der Waals surface area contributed by atoms with Crippen LogP contribution in [0.2, 0.25) is 4.82 Å². The Labute approximate surface area is 190 Å². The molecule has 0 radical (unpaired) electrons. The van der Waals surface area contributed by atoms with Crippen molar-refractivity contribution in [3.8, 4) is 0 Å². The van der Waals surface area contributed by atoms with E-state index in [1.54, 1.807) is 0 Å². The van der Waals surface area contributed by atoms with Crippen LogP contribution in [0.15, 0.2) is 11.6 Å². The summed E-state index contributed by atoms with van der Waals surface area (Å²) >= 11 is 2.98. The van der Waals surface area contributed by atoms with Crippen molar-refractivity contribution in [2.75, 3.05) is 0 Å². The van der Waals surface area contributed by atoms with Crippen LogP contribution in [0.3, 0.4) is 0 Å². The van der Waals surface area contributed by atoms with E-state index < -0.39 is 0 Å². The summed E-state index contributed by atoms with van der Waals surface area (Å²) < 4.78 is 0. The van der Waals surface area contributed by atoms with Gasteiger partial charge < -0.3 is 0 Å². The number of rotatable bonds is 6. The van der Waals surface area contributed by atoms with Crippen molar-refractivity contribution in [3.63, 3.8) is 0 Å². The Balaban J connectivity index is 1.51. The first-order valence-corrected chi connectivity index (χ1v) is 14.3. The monoisotopic (exact) mass is 459 g/mol. The molecule has 29 heavy (non-hydrogen) atoms. The Morgan fingerprint density at radius 2 is 1.83 bits per heavy atom. The van der Waals surface area contributed by atoms with E-state index in [0.29, 0.717) is 10.8 Å². The standard InChI is InChI=1S/C28H48Se/c1-6-28-17-14-22(29)18-21(28)10-11-23-25-13-12-24(20(4)9-7-8-19(2)3)27(25,5)16-15-26(23)28/h10,19-20,22-26,29H,6-9,11-18H2,1-5H3/t20-,22+,23+,24-,25+,26+,27-,28+/m1/s1/i29-4. The Morgan fingerprint density at radius 3 is 2.55 bits per heavy atom. The van der Waals surface area contributed by atoms with E-state index in [0.717, 1.165) is 40.3 Å². The molecule has 4 aliphatic rings. The van der Waals surface area contributed by atoms with Crippen LogP contribution in [-0.4, -0.2) is 16.0 Å². The van der Waals surface area contributed by atoms with Gasteiger partial charge in [-0.25, -0.2) is 0 Å². The zero-order valence-corrected chi connectivity index (χ0v) is 21.9. The molecule has 0 nitrogen and oxygen atoms in total. The van der Waals surface area contributed by atoms with Crippen molar-refractivity contribution in [2.45, 2.75) is 116 Å². The van der Waals surface area contributed by atoms with Gasteiger partial charge in [-0.1, -0.05) is 20.3 Å². The average Bonchev–Trinajstić information content (AvgIpc) is 3.04. The van der Waals surface area contributed by atoms with Gasteiger partial charge in [0.25, 0.3) is 0 Å². The molecule has 0 heterocycles. The third kappa shape index (κ3) is 3.84. The molecule has 0 aromatic carbocycles. The Kier molecular flexibility index (Phi) is 6.70. The second-order valence-electron chi connectivity index (χ2n) is 12.3. The second-order valence-corrected chi connectivity index (χ2v) is 13.8. The van der Waals surface area contributed by atoms with Crippen molar-refractivity contribution in [3.05, 3.63) is 11.6 Å². The Hall–Kier alpha value is 0.259. The molecular weight excluding hydrogens is 411 g/mol. The van der Waals surface area contributed by atoms with Gasteiger partial charge >= 0.3 is 164 Å². The molecule has 8 atom stereocenters. The summed E-state index contributed by atoms with van der Waals surface area (Å²) in [6.07, 6.45) is 20.4. The molecule has 3 fully saturated rings. The minimum absolute atomic E-state index is 0.585. The molecular formula is C28H48Se. The second kappa shape index (κ2) is 8.65. The van der Waals surface area contributed by atoms with Crippen LogP contribution in [0.25, 0.3) is 0 Å². The average molecular weight is 460 g/mol. The molecule has 4 rings (SSSR count). The molecule has 4 aliphatic carbocycles. The van der Waals surface area contributed by atoms with Gasteiger partial charge in [0.05, 0.1) is 0 Å². The minimum atomic E-state index is 0.585. The molecule has 0 unspecified atom stereocenters. The molecule has 0 saturated heterocycles. The first-order chi connectivity index (χ1) is 13.8. The van der Waals surface area contributed by atoms with E-state index in [1.165, 1.54) is 77.0 Å². The third-order valence-electron chi connectivity index (χ3n) is 10.6. The molecule has 0 bridgehead atoms. The first-order valence-electron chi connectivity index (χ1n) is 13.2. The molecule has 0 N–H and O–H groups in total. The van der Waals surface area contributed by atoms with Gasteiger partial charge in [0.15, 0.2) is 0 Å². The van der Waals surface area contributed by atoms with E-state index in [2.05, 4.69) is 56.7 Å². The third-order valence-corrected chi connectivity index (χ3v) is 11.6. The van der Waals surface area contributed by atoms with E-state index in [-0.39, 0.29) is 0 Å². The summed E-state index contributed by atoms with van der Waals surface area (Å²) in [5.74, 6) is 5.80. The Bertz CT molecular complexity index is 605. The van der Waals surface area contributed by atoms with Crippen LogP contribution in [0.5, 0.6) is 0 Å². The van der Waals surface area contributed by atoms with Crippen molar-refractivity contribution in [2.24, 2.45) is 46.3 Å². The zero-order valence-electron chi connectivity index (χ0n) is 20.1. The maximum absolute atomic E-state index is 2.98. The van der Waals surface area contributed by atoms with Gasteiger partial charge in [0.1, 0.15) is 0 Å². The fourth-order valence-corrected chi connectivity index (χ4v) is 9.81. The molecule has 0 spiro atoms. The first kappa shape index (κ1) is 22.5. The molecule has 0 aromatic rings. The van der Waals surface area contributed by atoms with Gasteiger partial charge in [-0.2, -0.15) is 0 Å². The summed E-state index contributed by atoms with van der Waals surface area (Å²) in [7, 11) is 0. The molecule has 166 valence electrons. The number of allylic oxidation sites excluding steroid dienone is 2. The van der Waals surface area contributed by atoms with Crippen molar-refractivity contribution in [1.29, 1.82) is 0 Å². The van der Waals surface area contributed by atoms with E-state index in [4.69, 9.17) is 0 Å². The molecule has 1 heteroatoms. The van der Waals surface area contributed by atoms with Gasteiger partial charge in [0, 0.05) is 0 Å². The molecule has 0 amide bonds. The molecule has 0 aromatic heterocycles. The van der Waals surface area contributed by atoms with Gasteiger partial charge in [-0.05, 0) is 5.92 Å². The summed E-state index contributed by atoms with van der Waals surface area (Å²) in [5.41, 5.74) is 3.11. The summed E-state index contributed by atoms with van der Waals surface area (Å²) in [5, 5.41) is 0. The predicted molar refractivity (Wildman–Crippen MR) is 129 cm³/mol. The van der Waals surface area contributed by atoms with E-state index in [1.807, 2.05) is 5.57 Å². The molecule has 0 aliphatic heterocycles. The fraction of sp³-hybridized carbons (Fsp3) is 0.929. The summed E-state index contributed by atoms with van der Waals surface area (Å²) in [6, 6.07) is 0. The van der Waals surface area contributed by atoms with Crippen LogP contribution >= 0.6 is 0 Å². The van der Waals surface area contributed by atoms with Gasteiger partial charge in [-0.15, -0.1) is 0 Å². The maximum atomic E-state index is 2.98. The van der Waals surface area contributed by atoms with Crippen LogP contribution in [0.4, 0.5) is 0 Å². The van der Waals surface area contributed by atoms with Crippen molar-refractivity contribution < 1.29 is 0 Å². The summed E-state index contributed by atoms with van der Waals surface area (Å²) in [4.78, 5) is 0.862. The zero-order chi connectivity index (χ0) is 20.8. The quantitative estimate of drug-likeness (QED) is 0.278. The SMILES string of the molecule is CC[C@]12CC[C@H]([75SeH])CC1=CC[C@@H]1[C@@H]2CC[C@]2(C)[C@@H]([C@H](C)CCCC(C)C)CC[C@@H]12.